The monoisotopic (exact) mass is 882 g/mol. The molecule has 0 saturated heterocycles. The Hall–Kier alpha value is -3.54. The van der Waals surface area contributed by atoms with Gasteiger partial charge in [0.2, 0.25) is 20.0 Å². The van der Waals surface area contributed by atoms with E-state index in [4.69, 9.17) is 0 Å². The second kappa shape index (κ2) is 33.1. The Balaban J connectivity index is 0.000000982. The van der Waals surface area contributed by atoms with Gasteiger partial charge in [-0.05, 0) is 125 Å². The molecule has 14 nitrogen and oxygen atoms in total. The highest BCUT2D eigenvalue weighted by molar-refractivity contribution is 7.92. The number of hydrogen-bond donors (Lipinski definition) is 4. The van der Waals surface area contributed by atoms with Crippen molar-refractivity contribution in [3.8, 4) is 0 Å². The van der Waals surface area contributed by atoms with Crippen LogP contribution in [0.25, 0.3) is 0 Å². The fourth-order valence-corrected chi connectivity index (χ4v) is 7.32. The Morgan fingerprint density at radius 2 is 0.850 bits per heavy atom. The highest BCUT2D eigenvalue weighted by atomic mass is 32.2. The number of aliphatic carboxylic acids is 2. The first-order valence-electron chi connectivity index (χ1n) is 21.4. The predicted molar refractivity (Wildman–Crippen MR) is 239 cm³/mol. The number of sulfonamides is 2. The molecule has 0 saturated carbocycles. The highest BCUT2D eigenvalue weighted by Gasteiger charge is 2.12. The summed E-state index contributed by atoms with van der Waals surface area (Å²) in [6, 6.07) is 13.9. The van der Waals surface area contributed by atoms with E-state index in [0.717, 1.165) is 75.7 Å². The summed E-state index contributed by atoms with van der Waals surface area (Å²) in [6.45, 7) is 15.3. The third-order valence-corrected chi connectivity index (χ3v) is 10.7. The van der Waals surface area contributed by atoms with E-state index in [2.05, 4.69) is 46.9 Å². The van der Waals surface area contributed by atoms with Crippen molar-refractivity contribution in [2.24, 2.45) is 0 Å². The maximum absolute atomic E-state index is 11.2. The smallest absolute Gasteiger partial charge is 0.229 e. The Kier molecular flexibility index (Phi) is 31.2. The number of benzene rings is 2. The van der Waals surface area contributed by atoms with Crippen LogP contribution in [0.3, 0.4) is 0 Å². The minimum absolute atomic E-state index is 0.384. The van der Waals surface area contributed by atoms with Gasteiger partial charge >= 0.3 is 0 Å². The van der Waals surface area contributed by atoms with Crippen LogP contribution in [0.4, 0.5) is 11.4 Å². The molecule has 16 heteroatoms. The molecule has 2 aromatic rings. The number of hydrogen-bond acceptors (Lipinski definition) is 12. The number of carboxylic acids is 2. The van der Waals surface area contributed by atoms with Gasteiger partial charge < -0.3 is 39.8 Å². The largest absolute Gasteiger partial charge is 0.545 e. The number of unbranched alkanes of at least 4 members (excludes halogenated alkanes) is 8. The first-order chi connectivity index (χ1) is 28.3. The van der Waals surface area contributed by atoms with Crippen LogP contribution in [0.1, 0.15) is 141 Å². The first kappa shape index (κ1) is 56.5. The molecule has 0 aliphatic heterocycles. The molecule has 0 radical (unpaired) electrons. The molecule has 0 aromatic heterocycles. The minimum atomic E-state index is -3.27. The molecule has 2 atom stereocenters. The van der Waals surface area contributed by atoms with Crippen LogP contribution in [0.15, 0.2) is 60.7 Å². The maximum Gasteiger partial charge on any atom is 0.229 e. The van der Waals surface area contributed by atoms with E-state index in [-0.39, 0.29) is 0 Å². The number of anilines is 2. The van der Waals surface area contributed by atoms with Crippen molar-refractivity contribution in [3.63, 3.8) is 0 Å². The van der Waals surface area contributed by atoms with Crippen molar-refractivity contribution in [3.05, 3.63) is 71.8 Å². The quantitative estimate of drug-likeness (QED) is 0.0575. The molecule has 4 N–H and O–H groups in total. The number of carbonyl (C=O) groups is 2. The molecule has 2 aromatic carbocycles. The van der Waals surface area contributed by atoms with Crippen molar-refractivity contribution in [2.45, 2.75) is 130 Å². The van der Waals surface area contributed by atoms with Gasteiger partial charge in [-0.1, -0.05) is 103 Å². The van der Waals surface area contributed by atoms with Gasteiger partial charge in [0, 0.05) is 11.4 Å². The van der Waals surface area contributed by atoms with E-state index in [1.54, 1.807) is 48.5 Å². The van der Waals surface area contributed by atoms with E-state index in [0.29, 0.717) is 36.4 Å². The van der Waals surface area contributed by atoms with Gasteiger partial charge in [-0.2, -0.15) is 0 Å². The molecular formula is C44H74N4O10S2-2. The summed E-state index contributed by atoms with van der Waals surface area (Å²) < 4.78 is 49.7. The number of carboxylic acid groups (broad SMARTS) is 2. The van der Waals surface area contributed by atoms with Crippen LogP contribution in [0, 0.1) is 0 Å². The molecule has 0 aliphatic rings. The standard InChI is InChI=1S/2C20H36N2O3S.C4H4O4/c2*1-4-6-7-8-9-16-22(5-2)17-10-11-20(23)18-12-14-19(15-13-18)21-26(3,24)25;5-3(6)1-2-4(7)8/h2*12-15,20-21,23H,4-11,16-17H2,1-3H3;1-2H,(H,5,6)(H,7,8)/p-2/b;;2-1+/t2*20-;/m11./s1. The lowest BCUT2D eigenvalue weighted by Gasteiger charge is -2.21. The highest BCUT2D eigenvalue weighted by Crippen LogP contribution is 2.22. The summed E-state index contributed by atoms with van der Waals surface area (Å²) >= 11 is 0. The van der Waals surface area contributed by atoms with Crippen molar-refractivity contribution in [1.29, 1.82) is 0 Å². The van der Waals surface area contributed by atoms with Crippen LogP contribution < -0.4 is 19.7 Å². The van der Waals surface area contributed by atoms with Crippen molar-refractivity contribution in [2.75, 3.05) is 61.2 Å². The van der Waals surface area contributed by atoms with Gasteiger partial charge in [0.1, 0.15) is 0 Å². The average Bonchev–Trinajstić information content (AvgIpc) is 3.18. The molecular weight excluding hydrogens is 809 g/mol. The number of carbonyl (C=O) groups excluding carboxylic acids is 2. The fraction of sp³-hybridized carbons (Fsp3) is 0.636. The number of aliphatic hydroxyl groups is 2. The van der Waals surface area contributed by atoms with Crippen LogP contribution in [-0.2, 0) is 29.6 Å². The molecule has 0 amide bonds. The summed E-state index contributed by atoms with van der Waals surface area (Å²) in [4.78, 5) is 23.7. The lowest BCUT2D eigenvalue weighted by Crippen LogP contribution is -2.26. The number of rotatable bonds is 30. The van der Waals surface area contributed by atoms with E-state index < -0.39 is 44.2 Å². The second-order valence-electron chi connectivity index (χ2n) is 15.0. The van der Waals surface area contributed by atoms with E-state index in [9.17, 15) is 46.9 Å². The predicted octanol–water partition coefficient (Wildman–Crippen LogP) is 5.37. The maximum atomic E-state index is 11.2. The zero-order chi connectivity index (χ0) is 45.4. The Bertz CT molecular complexity index is 1550. The lowest BCUT2D eigenvalue weighted by atomic mass is 10.0. The summed E-state index contributed by atoms with van der Waals surface area (Å²) in [5.74, 6) is -3.09. The Morgan fingerprint density at radius 1 is 0.550 bits per heavy atom. The third-order valence-electron chi connectivity index (χ3n) is 9.51. The summed E-state index contributed by atoms with van der Waals surface area (Å²) in [5.41, 5.74) is 2.69. The summed E-state index contributed by atoms with van der Waals surface area (Å²) in [7, 11) is -6.54. The zero-order valence-corrected chi connectivity index (χ0v) is 38.6. The Labute approximate surface area is 361 Å². The van der Waals surface area contributed by atoms with E-state index in [1.807, 2.05) is 0 Å². The lowest BCUT2D eigenvalue weighted by molar-refractivity contribution is -0.301. The normalized spacial score (nSPS) is 12.6. The number of aliphatic hydroxyl groups excluding tert-OH is 2. The van der Waals surface area contributed by atoms with Gasteiger partial charge in [-0.3, -0.25) is 9.44 Å². The third kappa shape index (κ3) is 32.3. The minimum Gasteiger partial charge on any atom is -0.545 e. The molecule has 60 heavy (non-hydrogen) atoms. The van der Waals surface area contributed by atoms with E-state index >= 15 is 0 Å². The van der Waals surface area contributed by atoms with Crippen molar-refractivity contribution < 1.29 is 46.9 Å². The van der Waals surface area contributed by atoms with Crippen LogP contribution in [0.2, 0.25) is 0 Å². The van der Waals surface area contributed by atoms with E-state index in [1.165, 1.54) is 64.2 Å². The first-order valence-corrected chi connectivity index (χ1v) is 25.2. The molecule has 0 heterocycles. The second-order valence-corrected chi connectivity index (χ2v) is 18.5. The summed E-state index contributed by atoms with van der Waals surface area (Å²) in [6.07, 6.45) is 18.3. The van der Waals surface area contributed by atoms with Crippen molar-refractivity contribution >= 4 is 43.4 Å². The summed E-state index contributed by atoms with van der Waals surface area (Å²) in [5, 5.41) is 39.5. The molecule has 0 unspecified atom stereocenters. The average molecular weight is 883 g/mol. The molecule has 2 rings (SSSR count). The number of nitrogens with zero attached hydrogens (tertiary/aromatic N) is 2. The molecule has 0 fully saturated rings. The Morgan fingerprint density at radius 3 is 1.12 bits per heavy atom. The van der Waals surface area contributed by atoms with Crippen molar-refractivity contribution in [1.82, 2.24) is 9.80 Å². The van der Waals surface area contributed by atoms with Crippen LogP contribution in [0.5, 0.6) is 0 Å². The van der Waals surface area contributed by atoms with Gasteiger partial charge in [0.25, 0.3) is 0 Å². The van der Waals surface area contributed by atoms with Gasteiger partial charge in [-0.15, -0.1) is 0 Å². The van der Waals surface area contributed by atoms with Crippen LogP contribution >= 0.6 is 0 Å². The topological polar surface area (TPSA) is 220 Å². The molecule has 344 valence electrons. The number of nitrogens with one attached hydrogen (secondary N) is 2. The van der Waals surface area contributed by atoms with Gasteiger partial charge in [0.05, 0.1) is 36.7 Å². The molecule has 0 spiro atoms. The van der Waals surface area contributed by atoms with Crippen LogP contribution in [-0.4, -0.2) is 101 Å². The SMILES string of the molecule is CCCCCCCN(CC)CCC[C@@H](O)c1ccc(NS(C)(=O)=O)cc1.CCCCCCCN(CC)CCC[C@@H](O)c1ccc(NS(C)(=O)=O)cc1.O=C([O-])/C=C/C(=O)[O-]. The van der Waals surface area contributed by atoms with Gasteiger partial charge in [0.15, 0.2) is 0 Å². The fourth-order valence-electron chi connectivity index (χ4n) is 6.19. The van der Waals surface area contributed by atoms with Gasteiger partial charge in [-0.25, -0.2) is 16.8 Å². The zero-order valence-electron chi connectivity index (χ0n) is 36.9. The molecule has 0 bridgehead atoms. The molecule has 0 aliphatic carbocycles.